The zero-order valence-corrected chi connectivity index (χ0v) is 17.3. The lowest BCUT2D eigenvalue weighted by Crippen LogP contribution is -2.26. The van der Waals surface area contributed by atoms with E-state index in [1.165, 1.54) is 0 Å². The van der Waals surface area contributed by atoms with Crippen LogP contribution >= 0.6 is 0 Å². The van der Waals surface area contributed by atoms with Crippen molar-refractivity contribution < 1.29 is 18.3 Å². The van der Waals surface area contributed by atoms with Gasteiger partial charge >= 0.3 is 5.97 Å². The van der Waals surface area contributed by atoms with Crippen LogP contribution in [0.2, 0.25) is 0 Å². The number of sulfonamides is 1. The van der Waals surface area contributed by atoms with E-state index in [0.29, 0.717) is 19.3 Å². The minimum absolute atomic E-state index is 0.0544. The lowest BCUT2D eigenvalue weighted by molar-refractivity contribution is -0.136. The second kappa shape index (κ2) is 10.1. The molecule has 3 aromatic rings. The van der Waals surface area contributed by atoms with Gasteiger partial charge in [-0.05, 0) is 65.8 Å². The molecule has 6 nitrogen and oxygen atoms in total. The number of aryl methyl sites for hydroxylation is 1. The molecule has 7 heteroatoms. The van der Waals surface area contributed by atoms with Gasteiger partial charge in [-0.1, -0.05) is 36.4 Å². The molecular formula is C23H24N2O4S. The predicted octanol–water partition coefficient (Wildman–Crippen LogP) is 3.21. The summed E-state index contributed by atoms with van der Waals surface area (Å²) in [5.74, 6) is -0.841. The van der Waals surface area contributed by atoms with Crippen LogP contribution in [0.4, 0.5) is 0 Å². The Morgan fingerprint density at radius 1 is 0.867 bits per heavy atom. The molecule has 156 valence electrons. The van der Waals surface area contributed by atoms with Gasteiger partial charge < -0.3 is 5.11 Å². The molecule has 0 amide bonds. The van der Waals surface area contributed by atoms with Gasteiger partial charge in [0.05, 0.1) is 4.90 Å². The van der Waals surface area contributed by atoms with Crippen molar-refractivity contribution in [2.75, 3.05) is 6.54 Å². The van der Waals surface area contributed by atoms with E-state index in [2.05, 4.69) is 9.71 Å². The minimum Gasteiger partial charge on any atom is -0.481 e. The van der Waals surface area contributed by atoms with Crippen molar-refractivity contribution in [1.29, 1.82) is 0 Å². The molecular weight excluding hydrogens is 400 g/mol. The normalized spacial score (nSPS) is 11.3. The minimum atomic E-state index is -3.56. The van der Waals surface area contributed by atoms with Crippen LogP contribution in [0.5, 0.6) is 0 Å². The molecule has 0 aliphatic rings. The summed E-state index contributed by atoms with van der Waals surface area (Å²) in [6, 6.07) is 18.2. The van der Waals surface area contributed by atoms with Gasteiger partial charge in [-0.15, -0.1) is 0 Å². The fourth-order valence-corrected chi connectivity index (χ4v) is 4.28. The molecule has 0 radical (unpaired) electrons. The van der Waals surface area contributed by atoms with Crippen molar-refractivity contribution in [3.05, 3.63) is 95.3 Å². The number of hydrogen-bond donors (Lipinski definition) is 2. The van der Waals surface area contributed by atoms with Crippen molar-refractivity contribution >= 4 is 16.0 Å². The SMILES string of the molecule is O=C(O)CCc1cc(CCNS(=O)(=O)c2ccccc2)cc(Cc2ccncc2)c1. The highest BCUT2D eigenvalue weighted by Crippen LogP contribution is 2.17. The van der Waals surface area contributed by atoms with Crippen LogP contribution in [0.25, 0.3) is 0 Å². The number of aromatic nitrogens is 1. The number of pyridine rings is 1. The van der Waals surface area contributed by atoms with Gasteiger partial charge in [0.1, 0.15) is 0 Å². The van der Waals surface area contributed by atoms with Crippen molar-refractivity contribution in [1.82, 2.24) is 9.71 Å². The Labute approximate surface area is 176 Å². The first-order valence-electron chi connectivity index (χ1n) is 9.69. The fraction of sp³-hybridized carbons (Fsp3) is 0.217. The molecule has 2 aromatic carbocycles. The van der Waals surface area contributed by atoms with E-state index < -0.39 is 16.0 Å². The first-order chi connectivity index (χ1) is 14.4. The Morgan fingerprint density at radius 2 is 1.50 bits per heavy atom. The van der Waals surface area contributed by atoms with Crippen LogP contribution in [0.15, 0.2) is 78.0 Å². The summed E-state index contributed by atoms with van der Waals surface area (Å²) < 4.78 is 27.4. The molecule has 0 fully saturated rings. The topological polar surface area (TPSA) is 96.4 Å². The van der Waals surface area contributed by atoms with Gasteiger partial charge in [0.2, 0.25) is 10.0 Å². The third-order valence-electron chi connectivity index (χ3n) is 4.66. The molecule has 0 spiro atoms. The first kappa shape index (κ1) is 21.7. The van der Waals surface area contributed by atoms with E-state index in [4.69, 9.17) is 5.11 Å². The Hall–Kier alpha value is -3.03. The molecule has 2 N–H and O–H groups in total. The summed E-state index contributed by atoms with van der Waals surface area (Å²) >= 11 is 0. The number of benzene rings is 2. The predicted molar refractivity (Wildman–Crippen MR) is 115 cm³/mol. The molecule has 0 atom stereocenters. The standard InChI is InChI=1S/C23H24N2O4S/c26-23(27)7-6-19-15-20(17-21(16-19)14-18-8-11-24-12-9-18)10-13-25-30(28,29)22-4-2-1-3-5-22/h1-5,8-9,11-12,15-17,25H,6-7,10,13-14H2,(H,26,27). The smallest absolute Gasteiger partial charge is 0.303 e. The summed E-state index contributed by atoms with van der Waals surface area (Å²) in [5.41, 5.74) is 4.07. The molecule has 1 aromatic heterocycles. The zero-order valence-electron chi connectivity index (χ0n) is 16.5. The van der Waals surface area contributed by atoms with E-state index in [1.807, 2.05) is 30.3 Å². The van der Waals surface area contributed by atoms with Gasteiger partial charge in [-0.25, -0.2) is 13.1 Å². The monoisotopic (exact) mass is 424 g/mol. The Kier molecular flexibility index (Phi) is 7.32. The van der Waals surface area contributed by atoms with Gasteiger partial charge in [0.15, 0.2) is 0 Å². The van der Waals surface area contributed by atoms with E-state index >= 15 is 0 Å². The van der Waals surface area contributed by atoms with Crippen LogP contribution in [-0.4, -0.2) is 31.0 Å². The molecule has 0 saturated heterocycles. The average molecular weight is 425 g/mol. The quantitative estimate of drug-likeness (QED) is 0.521. The molecule has 0 unspecified atom stereocenters. The van der Waals surface area contributed by atoms with Crippen LogP contribution in [0, 0.1) is 0 Å². The largest absolute Gasteiger partial charge is 0.481 e. The summed E-state index contributed by atoms with van der Waals surface area (Å²) in [5, 5.41) is 9.00. The summed E-state index contributed by atoms with van der Waals surface area (Å²) in [6.45, 7) is 0.258. The third-order valence-corrected chi connectivity index (χ3v) is 6.13. The van der Waals surface area contributed by atoms with E-state index in [0.717, 1.165) is 22.3 Å². The molecule has 0 aliphatic heterocycles. The van der Waals surface area contributed by atoms with Crippen molar-refractivity contribution in [3.8, 4) is 0 Å². The summed E-state index contributed by atoms with van der Waals surface area (Å²) in [4.78, 5) is 15.2. The molecule has 1 heterocycles. The number of carboxylic acid groups (broad SMARTS) is 1. The second-order valence-electron chi connectivity index (χ2n) is 7.04. The van der Waals surface area contributed by atoms with E-state index in [-0.39, 0.29) is 17.9 Å². The van der Waals surface area contributed by atoms with Gasteiger partial charge in [-0.2, -0.15) is 0 Å². The summed E-state index contributed by atoms with van der Waals surface area (Å²) in [6.07, 6.45) is 5.18. The lowest BCUT2D eigenvalue weighted by Gasteiger charge is -2.11. The van der Waals surface area contributed by atoms with Crippen molar-refractivity contribution in [2.24, 2.45) is 0 Å². The van der Waals surface area contributed by atoms with Crippen LogP contribution in [0.3, 0.4) is 0 Å². The summed E-state index contributed by atoms with van der Waals surface area (Å²) in [7, 11) is -3.56. The molecule has 0 bridgehead atoms. The first-order valence-corrected chi connectivity index (χ1v) is 11.2. The van der Waals surface area contributed by atoms with Gasteiger partial charge in [-0.3, -0.25) is 9.78 Å². The van der Waals surface area contributed by atoms with Crippen LogP contribution in [-0.2, 0) is 34.1 Å². The van der Waals surface area contributed by atoms with Crippen molar-refractivity contribution in [2.45, 2.75) is 30.6 Å². The number of carbonyl (C=O) groups is 1. The molecule has 3 rings (SSSR count). The fourth-order valence-electron chi connectivity index (χ4n) is 3.23. The molecule has 0 aliphatic carbocycles. The number of aliphatic carboxylic acids is 1. The number of carboxylic acids is 1. The van der Waals surface area contributed by atoms with Crippen LogP contribution in [0.1, 0.15) is 28.7 Å². The number of hydrogen-bond acceptors (Lipinski definition) is 4. The maximum Gasteiger partial charge on any atom is 0.303 e. The average Bonchev–Trinajstić information content (AvgIpc) is 2.73. The Balaban J connectivity index is 1.72. The lowest BCUT2D eigenvalue weighted by atomic mass is 9.97. The highest BCUT2D eigenvalue weighted by atomic mass is 32.2. The third kappa shape index (κ3) is 6.50. The van der Waals surface area contributed by atoms with Gasteiger partial charge in [0.25, 0.3) is 0 Å². The molecule has 0 saturated carbocycles. The number of nitrogens with zero attached hydrogens (tertiary/aromatic N) is 1. The number of rotatable bonds is 10. The van der Waals surface area contributed by atoms with E-state index in [1.54, 1.807) is 42.7 Å². The highest BCUT2D eigenvalue weighted by molar-refractivity contribution is 7.89. The maximum absolute atomic E-state index is 12.4. The van der Waals surface area contributed by atoms with Crippen LogP contribution < -0.4 is 4.72 Å². The van der Waals surface area contributed by atoms with Gasteiger partial charge in [0, 0.05) is 25.4 Å². The maximum atomic E-state index is 12.4. The molecule has 30 heavy (non-hydrogen) atoms. The van der Waals surface area contributed by atoms with E-state index in [9.17, 15) is 13.2 Å². The second-order valence-corrected chi connectivity index (χ2v) is 8.81. The zero-order chi connectivity index (χ0) is 21.4. The Bertz CT molecular complexity index is 1080. The number of nitrogens with one attached hydrogen (secondary N) is 1. The van der Waals surface area contributed by atoms with Crippen molar-refractivity contribution in [3.63, 3.8) is 0 Å². The Morgan fingerprint density at radius 3 is 2.17 bits per heavy atom. The highest BCUT2D eigenvalue weighted by Gasteiger charge is 2.13.